The van der Waals surface area contributed by atoms with Gasteiger partial charge in [0.05, 0.1) is 5.69 Å². The Morgan fingerprint density at radius 2 is 1.45 bits per heavy atom. The fourth-order valence-electron chi connectivity index (χ4n) is 3.39. The van der Waals surface area contributed by atoms with Crippen molar-refractivity contribution in [1.29, 1.82) is 0 Å². The lowest BCUT2D eigenvalue weighted by Gasteiger charge is -2.16. The fraction of sp³-hybridized carbons (Fsp3) is 0.200. The summed E-state index contributed by atoms with van der Waals surface area (Å²) in [5.41, 5.74) is 3.03. The minimum absolute atomic E-state index is 0.558. The van der Waals surface area contributed by atoms with E-state index in [4.69, 9.17) is 20.2 Å². The zero-order chi connectivity index (χ0) is 23.6. The second kappa shape index (κ2) is 11.4. The number of hydrogen-bond donors (Lipinski definition) is 2. The molecule has 1 aliphatic rings. The van der Waals surface area contributed by atoms with Crippen molar-refractivity contribution < 1.29 is 19.8 Å². The van der Waals surface area contributed by atoms with Crippen LogP contribution in [0.25, 0.3) is 10.9 Å². The van der Waals surface area contributed by atoms with Gasteiger partial charge in [-0.2, -0.15) is 4.99 Å². The number of guanidine groups is 1. The molecule has 0 bridgehead atoms. The van der Waals surface area contributed by atoms with Crippen LogP contribution in [0, 0.1) is 0 Å². The van der Waals surface area contributed by atoms with Crippen LogP contribution >= 0.6 is 0 Å². The van der Waals surface area contributed by atoms with Crippen molar-refractivity contribution in [1.82, 2.24) is 9.47 Å². The average Bonchev–Trinajstić information content (AvgIpc) is 3.35. The van der Waals surface area contributed by atoms with Crippen molar-refractivity contribution in [2.75, 3.05) is 13.1 Å². The lowest BCUT2D eigenvalue weighted by Crippen LogP contribution is -2.30. The summed E-state index contributed by atoms with van der Waals surface area (Å²) in [5, 5.41) is 16.8. The van der Waals surface area contributed by atoms with Crippen LogP contribution in [0.5, 0.6) is 0 Å². The van der Waals surface area contributed by atoms with E-state index >= 15 is 0 Å². The third kappa shape index (κ3) is 6.90. The summed E-state index contributed by atoms with van der Waals surface area (Å²) < 4.78 is 2.13. The number of pyridine rings is 1. The molecule has 0 saturated carbocycles. The summed E-state index contributed by atoms with van der Waals surface area (Å²) in [7, 11) is 2.06. The quantitative estimate of drug-likeness (QED) is 0.363. The summed E-state index contributed by atoms with van der Waals surface area (Å²) in [6.07, 6.45) is 3.52. The molecule has 1 fully saturated rings. The van der Waals surface area contributed by atoms with Gasteiger partial charge in [-0.15, -0.1) is 0 Å². The van der Waals surface area contributed by atoms with Crippen LogP contribution in [-0.4, -0.2) is 50.7 Å². The van der Waals surface area contributed by atoms with Crippen LogP contribution in [0.3, 0.4) is 0 Å². The standard InChI is InChI=1S/C21H22N4.C4H4O4/c1-24-19-12-6-5-9-17(19)13-14-20(24)23-21(25-15-7-8-16-25)22-18-10-3-2-4-11-18;5-3(6)1-2-4(7)8/h2-6,9-14H,7-8,15-16H2,1H3;1-2H,(H,5,6)(H,7,8)/b22-21-,23-20+;2-1+. The lowest BCUT2D eigenvalue weighted by molar-refractivity contribution is -0.134. The maximum absolute atomic E-state index is 9.55. The molecule has 1 aromatic heterocycles. The van der Waals surface area contributed by atoms with E-state index in [-0.39, 0.29) is 0 Å². The zero-order valence-electron chi connectivity index (χ0n) is 18.3. The van der Waals surface area contributed by atoms with Crippen LogP contribution in [0.1, 0.15) is 12.8 Å². The van der Waals surface area contributed by atoms with Crippen molar-refractivity contribution in [3.63, 3.8) is 0 Å². The number of aliphatic imine (C=N–C) groups is 1. The van der Waals surface area contributed by atoms with Gasteiger partial charge in [0.1, 0.15) is 5.49 Å². The van der Waals surface area contributed by atoms with Gasteiger partial charge in [-0.3, -0.25) is 0 Å². The van der Waals surface area contributed by atoms with Gasteiger partial charge in [0, 0.05) is 37.8 Å². The van der Waals surface area contributed by atoms with Gasteiger partial charge < -0.3 is 19.7 Å². The number of carboxylic acid groups (broad SMARTS) is 2. The van der Waals surface area contributed by atoms with Crippen LogP contribution < -0.4 is 5.49 Å². The fourth-order valence-corrected chi connectivity index (χ4v) is 3.39. The molecule has 1 aliphatic heterocycles. The Morgan fingerprint density at radius 3 is 2.09 bits per heavy atom. The first-order valence-electron chi connectivity index (χ1n) is 10.6. The molecule has 0 amide bonds. The summed E-state index contributed by atoms with van der Waals surface area (Å²) in [6, 6.07) is 22.6. The molecule has 0 atom stereocenters. The number of nitrogens with zero attached hydrogens (tertiary/aromatic N) is 4. The highest BCUT2D eigenvalue weighted by atomic mass is 16.4. The van der Waals surface area contributed by atoms with Crippen molar-refractivity contribution in [3.8, 4) is 0 Å². The second-order valence-corrected chi connectivity index (χ2v) is 7.37. The molecule has 2 N–H and O–H groups in total. The first kappa shape index (κ1) is 23.5. The third-order valence-electron chi connectivity index (χ3n) is 5.01. The molecule has 170 valence electrons. The predicted molar refractivity (Wildman–Crippen MR) is 127 cm³/mol. The van der Waals surface area contributed by atoms with Crippen LogP contribution in [0.15, 0.2) is 88.9 Å². The number of hydrogen-bond acceptors (Lipinski definition) is 3. The monoisotopic (exact) mass is 446 g/mol. The highest BCUT2D eigenvalue weighted by molar-refractivity contribution is 5.89. The summed E-state index contributed by atoms with van der Waals surface area (Å²) in [5.74, 6) is -1.71. The Morgan fingerprint density at radius 1 is 0.848 bits per heavy atom. The first-order valence-corrected chi connectivity index (χ1v) is 10.6. The summed E-state index contributed by atoms with van der Waals surface area (Å²) in [6.45, 7) is 2.04. The Labute approximate surface area is 191 Å². The van der Waals surface area contributed by atoms with Crippen molar-refractivity contribution in [2.24, 2.45) is 17.0 Å². The predicted octanol–water partition coefficient (Wildman–Crippen LogP) is 3.57. The number of carbonyl (C=O) groups is 2. The summed E-state index contributed by atoms with van der Waals surface area (Å²) in [4.78, 5) is 31.1. The van der Waals surface area contributed by atoms with E-state index < -0.39 is 11.9 Å². The molecule has 2 heterocycles. The van der Waals surface area contributed by atoms with Gasteiger partial charge in [0.15, 0.2) is 0 Å². The maximum Gasteiger partial charge on any atom is 0.328 e. The number of aromatic nitrogens is 1. The minimum atomic E-state index is -1.26. The van der Waals surface area contributed by atoms with E-state index in [2.05, 4.69) is 52.9 Å². The third-order valence-corrected chi connectivity index (χ3v) is 5.01. The molecular formula is C25H26N4O4. The average molecular weight is 447 g/mol. The number of likely N-dealkylation sites (tertiary alicyclic amines) is 1. The van der Waals surface area contributed by atoms with Crippen molar-refractivity contribution >= 4 is 34.5 Å². The number of benzene rings is 2. The highest BCUT2D eigenvalue weighted by Gasteiger charge is 2.16. The first-order chi connectivity index (χ1) is 15.9. The van der Waals surface area contributed by atoms with Crippen molar-refractivity contribution in [3.05, 3.63) is 84.4 Å². The van der Waals surface area contributed by atoms with Crippen LogP contribution in [0.2, 0.25) is 0 Å². The largest absolute Gasteiger partial charge is 0.478 e. The maximum atomic E-state index is 9.55. The molecule has 0 spiro atoms. The molecule has 8 nitrogen and oxygen atoms in total. The van der Waals surface area contributed by atoms with E-state index in [0.29, 0.717) is 12.2 Å². The number of carboxylic acids is 2. The van der Waals surface area contributed by atoms with Gasteiger partial charge in [-0.1, -0.05) is 36.4 Å². The smallest absolute Gasteiger partial charge is 0.328 e. The molecule has 4 rings (SSSR count). The lowest BCUT2D eigenvalue weighted by atomic mass is 10.2. The van der Waals surface area contributed by atoms with Gasteiger partial charge in [0.2, 0.25) is 5.96 Å². The molecule has 0 radical (unpaired) electrons. The van der Waals surface area contributed by atoms with Gasteiger partial charge in [-0.05, 0) is 48.6 Å². The zero-order valence-corrected chi connectivity index (χ0v) is 18.3. The SMILES string of the molecule is Cn1/c(=N/C(=N/c2ccccc2)N2CCCC2)ccc2ccccc21.O=C(O)/C=C/C(=O)O. The van der Waals surface area contributed by atoms with Crippen LogP contribution in [-0.2, 0) is 16.6 Å². The molecule has 0 aliphatic carbocycles. The Kier molecular flexibility index (Phi) is 8.13. The van der Waals surface area contributed by atoms with E-state index in [1.54, 1.807) is 0 Å². The molecule has 8 heteroatoms. The highest BCUT2D eigenvalue weighted by Crippen LogP contribution is 2.15. The van der Waals surface area contributed by atoms with E-state index in [1.165, 1.54) is 23.7 Å². The van der Waals surface area contributed by atoms with Gasteiger partial charge in [0.25, 0.3) is 0 Å². The van der Waals surface area contributed by atoms with Crippen LogP contribution in [0.4, 0.5) is 5.69 Å². The van der Waals surface area contributed by atoms with Gasteiger partial charge in [-0.25, -0.2) is 14.6 Å². The normalized spacial score (nSPS) is 14.4. The molecular weight excluding hydrogens is 420 g/mol. The molecule has 2 aromatic carbocycles. The van der Waals surface area contributed by atoms with E-state index in [0.717, 1.165) is 30.2 Å². The number of para-hydroxylation sites is 2. The number of aryl methyl sites for hydroxylation is 1. The van der Waals surface area contributed by atoms with Crippen molar-refractivity contribution in [2.45, 2.75) is 12.8 Å². The molecule has 1 saturated heterocycles. The number of rotatable bonds is 3. The molecule has 33 heavy (non-hydrogen) atoms. The minimum Gasteiger partial charge on any atom is -0.478 e. The van der Waals surface area contributed by atoms with Gasteiger partial charge >= 0.3 is 11.9 Å². The van der Waals surface area contributed by atoms with E-state index in [1.807, 2.05) is 30.3 Å². The summed E-state index contributed by atoms with van der Waals surface area (Å²) >= 11 is 0. The Balaban J connectivity index is 0.000000331. The topological polar surface area (TPSA) is 107 Å². The number of fused-ring (bicyclic) bond motifs is 1. The molecule has 0 unspecified atom stereocenters. The van der Waals surface area contributed by atoms with E-state index in [9.17, 15) is 9.59 Å². The molecule has 3 aromatic rings. The second-order valence-electron chi connectivity index (χ2n) is 7.37. The Hall–Kier alpha value is -4.20. The number of aliphatic carboxylic acids is 2. The Bertz CT molecular complexity index is 1220.